The maximum absolute atomic E-state index is 12.3. The lowest BCUT2D eigenvalue weighted by Gasteiger charge is -2.26. The van der Waals surface area contributed by atoms with Gasteiger partial charge in [-0.05, 0) is 63.1 Å². The molecule has 0 radical (unpaired) electrons. The summed E-state index contributed by atoms with van der Waals surface area (Å²) in [5.41, 5.74) is 0.871. The molecular weight excluding hydrogens is 352 g/mol. The molecule has 1 unspecified atom stereocenters. The first-order valence-corrected chi connectivity index (χ1v) is 11.0. The molecular formula is C19H30N2O4S. The van der Waals surface area contributed by atoms with Crippen LogP contribution in [-0.2, 0) is 14.8 Å². The van der Waals surface area contributed by atoms with Crippen LogP contribution in [0.15, 0.2) is 24.3 Å². The zero-order valence-corrected chi connectivity index (χ0v) is 16.6. The number of hydrogen-bond donors (Lipinski definition) is 2. The lowest BCUT2D eigenvalue weighted by atomic mass is 9.88. The van der Waals surface area contributed by atoms with Crippen LogP contribution in [0.3, 0.4) is 0 Å². The van der Waals surface area contributed by atoms with Gasteiger partial charge in [0, 0.05) is 6.04 Å². The molecule has 1 aromatic carbocycles. The molecule has 146 valence electrons. The Morgan fingerprint density at radius 1 is 1.27 bits per heavy atom. The van der Waals surface area contributed by atoms with Crippen LogP contribution in [0.1, 0.15) is 58.1 Å². The zero-order chi connectivity index (χ0) is 19.2. The third kappa shape index (κ3) is 6.61. The van der Waals surface area contributed by atoms with Gasteiger partial charge in [0.25, 0.3) is 0 Å². The SMILES string of the molecule is CCOc1cccc(C(C)NC(=O)CS(=O)(=O)NC2CCC(C)CC2)c1. The van der Waals surface area contributed by atoms with Crippen molar-refractivity contribution < 1.29 is 17.9 Å². The molecule has 1 aliphatic carbocycles. The van der Waals surface area contributed by atoms with Crippen LogP contribution in [-0.4, -0.2) is 32.7 Å². The van der Waals surface area contributed by atoms with Crippen molar-refractivity contribution in [2.75, 3.05) is 12.4 Å². The molecule has 2 N–H and O–H groups in total. The number of carbonyl (C=O) groups excluding carboxylic acids is 1. The minimum Gasteiger partial charge on any atom is -0.494 e. The molecule has 1 aliphatic rings. The molecule has 1 atom stereocenters. The first kappa shape index (κ1) is 20.7. The minimum atomic E-state index is -3.63. The van der Waals surface area contributed by atoms with Crippen LogP contribution < -0.4 is 14.8 Å². The van der Waals surface area contributed by atoms with E-state index in [9.17, 15) is 13.2 Å². The van der Waals surface area contributed by atoms with Gasteiger partial charge in [0.1, 0.15) is 11.5 Å². The van der Waals surface area contributed by atoms with Crippen LogP contribution in [0.25, 0.3) is 0 Å². The average molecular weight is 383 g/mol. The van der Waals surface area contributed by atoms with E-state index < -0.39 is 21.7 Å². The number of carbonyl (C=O) groups is 1. The van der Waals surface area contributed by atoms with Gasteiger partial charge >= 0.3 is 0 Å². The normalized spacial score (nSPS) is 21.8. The highest BCUT2D eigenvalue weighted by molar-refractivity contribution is 7.90. The molecule has 6 nitrogen and oxygen atoms in total. The Labute approximate surface area is 156 Å². The number of nitrogens with one attached hydrogen (secondary N) is 2. The van der Waals surface area contributed by atoms with Crippen molar-refractivity contribution >= 4 is 15.9 Å². The summed E-state index contributed by atoms with van der Waals surface area (Å²) in [6.45, 7) is 6.47. The standard InChI is InChI=1S/C19H30N2O4S/c1-4-25-18-7-5-6-16(12-18)15(3)20-19(22)13-26(23,24)21-17-10-8-14(2)9-11-17/h5-7,12,14-15,17,21H,4,8-11,13H2,1-3H3,(H,20,22). The minimum absolute atomic E-state index is 0.0516. The number of ether oxygens (including phenoxy) is 1. The van der Waals surface area contributed by atoms with Gasteiger partial charge in [0.05, 0.1) is 12.6 Å². The molecule has 1 fully saturated rings. The molecule has 0 aliphatic heterocycles. The number of benzene rings is 1. The van der Waals surface area contributed by atoms with Gasteiger partial charge < -0.3 is 10.1 Å². The number of rotatable bonds is 8. The van der Waals surface area contributed by atoms with Crippen molar-refractivity contribution in [1.82, 2.24) is 10.0 Å². The molecule has 0 saturated heterocycles. The highest BCUT2D eigenvalue weighted by Crippen LogP contribution is 2.24. The first-order chi connectivity index (χ1) is 12.3. The lowest BCUT2D eigenvalue weighted by molar-refractivity contribution is -0.119. The van der Waals surface area contributed by atoms with E-state index in [0.29, 0.717) is 12.5 Å². The van der Waals surface area contributed by atoms with Crippen molar-refractivity contribution in [2.45, 2.75) is 58.5 Å². The molecule has 7 heteroatoms. The summed E-state index contributed by atoms with van der Waals surface area (Å²) < 4.78 is 32.6. The predicted molar refractivity (Wildman–Crippen MR) is 103 cm³/mol. The predicted octanol–water partition coefficient (Wildman–Crippen LogP) is 2.76. The molecule has 0 heterocycles. The van der Waals surface area contributed by atoms with Crippen molar-refractivity contribution in [3.63, 3.8) is 0 Å². The summed E-state index contributed by atoms with van der Waals surface area (Å²) in [6.07, 6.45) is 3.71. The fraction of sp³-hybridized carbons (Fsp3) is 0.632. The maximum atomic E-state index is 12.3. The average Bonchev–Trinajstić information content (AvgIpc) is 2.56. The smallest absolute Gasteiger partial charge is 0.237 e. The van der Waals surface area contributed by atoms with Gasteiger partial charge in [-0.2, -0.15) is 0 Å². The quantitative estimate of drug-likeness (QED) is 0.724. The van der Waals surface area contributed by atoms with Crippen LogP contribution in [0.2, 0.25) is 0 Å². The highest BCUT2D eigenvalue weighted by Gasteiger charge is 2.25. The van der Waals surface area contributed by atoms with E-state index in [1.54, 1.807) is 0 Å². The van der Waals surface area contributed by atoms with Crippen LogP contribution in [0.5, 0.6) is 5.75 Å². The Bertz CT molecular complexity index is 697. The van der Waals surface area contributed by atoms with Gasteiger partial charge in [-0.3, -0.25) is 4.79 Å². The van der Waals surface area contributed by atoms with E-state index in [1.165, 1.54) is 0 Å². The summed E-state index contributed by atoms with van der Waals surface area (Å²) in [7, 11) is -3.63. The van der Waals surface area contributed by atoms with Crippen molar-refractivity contribution in [3.05, 3.63) is 29.8 Å². The molecule has 1 saturated carbocycles. The van der Waals surface area contributed by atoms with Gasteiger partial charge in [-0.25, -0.2) is 13.1 Å². The van der Waals surface area contributed by atoms with Gasteiger partial charge in [0.15, 0.2) is 0 Å². The lowest BCUT2D eigenvalue weighted by Crippen LogP contribution is -2.42. The van der Waals surface area contributed by atoms with E-state index in [0.717, 1.165) is 37.0 Å². The van der Waals surface area contributed by atoms with E-state index in [4.69, 9.17) is 4.74 Å². The molecule has 26 heavy (non-hydrogen) atoms. The van der Waals surface area contributed by atoms with E-state index in [2.05, 4.69) is 17.0 Å². The Hall–Kier alpha value is -1.60. The molecule has 0 aromatic heterocycles. The monoisotopic (exact) mass is 382 g/mol. The van der Waals surface area contributed by atoms with Crippen molar-refractivity contribution in [2.24, 2.45) is 5.92 Å². The van der Waals surface area contributed by atoms with Crippen LogP contribution in [0.4, 0.5) is 0 Å². The Morgan fingerprint density at radius 2 is 1.96 bits per heavy atom. The Kier molecular flexibility index (Phi) is 7.46. The summed E-state index contributed by atoms with van der Waals surface area (Å²) >= 11 is 0. The third-order valence-corrected chi connectivity index (χ3v) is 6.06. The fourth-order valence-electron chi connectivity index (χ4n) is 3.25. The summed E-state index contributed by atoms with van der Waals surface area (Å²) in [4.78, 5) is 12.2. The van der Waals surface area contributed by atoms with Gasteiger partial charge in [0.2, 0.25) is 15.9 Å². The zero-order valence-electron chi connectivity index (χ0n) is 15.8. The second-order valence-electron chi connectivity index (χ2n) is 7.13. The van der Waals surface area contributed by atoms with E-state index in [-0.39, 0.29) is 12.1 Å². The van der Waals surface area contributed by atoms with Crippen LogP contribution >= 0.6 is 0 Å². The van der Waals surface area contributed by atoms with Crippen molar-refractivity contribution in [3.8, 4) is 5.75 Å². The largest absolute Gasteiger partial charge is 0.494 e. The number of sulfonamides is 1. The topological polar surface area (TPSA) is 84.5 Å². The van der Waals surface area contributed by atoms with Gasteiger partial charge in [-0.1, -0.05) is 19.1 Å². The second-order valence-corrected chi connectivity index (χ2v) is 8.88. The molecule has 1 amide bonds. The van der Waals surface area contributed by atoms with Gasteiger partial charge in [-0.15, -0.1) is 0 Å². The highest BCUT2D eigenvalue weighted by atomic mass is 32.2. The molecule has 0 bridgehead atoms. The summed E-state index contributed by atoms with van der Waals surface area (Å²) in [5, 5.41) is 2.75. The van der Waals surface area contributed by atoms with Crippen molar-refractivity contribution in [1.29, 1.82) is 0 Å². The van der Waals surface area contributed by atoms with E-state index >= 15 is 0 Å². The molecule has 2 rings (SSSR count). The summed E-state index contributed by atoms with van der Waals surface area (Å²) in [5.74, 6) is 0.324. The first-order valence-electron chi connectivity index (χ1n) is 9.31. The fourth-order valence-corrected chi connectivity index (χ4v) is 4.51. The molecule has 1 aromatic rings. The second kappa shape index (κ2) is 9.37. The number of hydrogen-bond acceptors (Lipinski definition) is 4. The van der Waals surface area contributed by atoms with E-state index in [1.807, 2.05) is 38.1 Å². The molecule has 0 spiro atoms. The Balaban J connectivity index is 1.87. The maximum Gasteiger partial charge on any atom is 0.237 e. The van der Waals surface area contributed by atoms with Crippen LogP contribution in [0, 0.1) is 5.92 Å². The number of amides is 1. The Morgan fingerprint density at radius 3 is 2.62 bits per heavy atom. The summed E-state index contributed by atoms with van der Waals surface area (Å²) in [6, 6.07) is 7.08. The third-order valence-electron chi connectivity index (χ3n) is 4.73.